The molecular weight excluding hydrogens is 262 g/mol. The molecule has 0 spiro atoms. The van der Waals surface area contributed by atoms with Crippen molar-refractivity contribution in [3.05, 3.63) is 22.0 Å². The highest BCUT2D eigenvalue weighted by molar-refractivity contribution is 5.96. The van der Waals surface area contributed by atoms with E-state index in [0.29, 0.717) is 19.1 Å². The lowest BCUT2D eigenvalue weighted by Crippen LogP contribution is -2.52. The fourth-order valence-electron chi connectivity index (χ4n) is 3.13. The van der Waals surface area contributed by atoms with Gasteiger partial charge in [-0.05, 0) is 19.4 Å². The van der Waals surface area contributed by atoms with Crippen LogP contribution in [0, 0.1) is 10.1 Å². The zero-order chi connectivity index (χ0) is 14.3. The second-order valence-corrected chi connectivity index (χ2v) is 5.34. The average Bonchev–Trinajstić information content (AvgIpc) is 3.03. The maximum absolute atomic E-state index is 12.5. The van der Waals surface area contributed by atoms with Crippen LogP contribution in [-0.4, -0.2) is 62.6 Å². The monoisotopic (exact) mass is 279 g/mol. The first-order valence-corrected chi connectivity index (χ1v) is 6.77. The van der Waals surface area contributed by atoms with Crippen LogP contribution in [0.1, 0.15) is 23.3 Å². The van der Waals surface area contributed by atoms with Gasteiger partial charge in [-0.15, -0.1) is 0 Å². The lowest BCUT2D eigenvalue weighted by atomic mass is 10.1. The SMILES string of the molecule is Cn1ncc([N+](=O)[O-])c1C(=O)N1CCN2CCCC2C1. The fourth-order valence-corrected chi connectivity index (χ4v) is 3.13. The molecule has 0 radical (unpaired) electrons. The highest BCUT2D eigenvalue weighted by Crippen LogP contribution is 2.24. The Morgan fingerprint density at radius 3 is 3.00 bits per heavy atom. The number of nitro groups is 1. The first-order valence-electron chi connectivity index (χ1n) is 6.77. The van der Waals surface area contributed by atoms with Crippen LogP contribution in [-0.2, 0) is 7.05 Å². The minimum absolute atomic E-state index is 0.0708. The lowest BCUT2D eigenvalue weighted by Gasteiger charge is -2.37. The van der Waals surface area contributed by atoms with Crippen molar-refractivity contribution in [1.29, 1.82) is 0 Å². The largest absolute Gasteiger partial charge is 0.334 e. The third-order valence-corrected chi connectivity index (χ3v) is 4.19. The van der Waals surface area contributed by atoms with Gasteiger partial charge in [0.2, 0.25) is 5.69 Å². The summed E-state index contributed by atoms with van der Waals surface area (Å²) in [6.45, 7) is 3.22. The molecule has 2 aliphatic heterocycles. The van der Waals surface area contributed by atoms with E-state index in [1.54, 1.807) is 11.9 Å². The van der Waals surface area contributed by atoms with E-state index in [9.17, 15) is 14.9 Å². The Labute approximate surface area is 116 Å². The van der Waals surface area contributed by atoms with Crippen molar-refractivity contribution in [2.24, 2.45) is 7.05 Å². The molecule has 8 heteroatoms. The van der Waals surface area contributed by atoms with Gasteiger partial charge >= 0.3 is 5.69 Å². The highest BCUT2D eigenvalue weighted by Gasteiger charge is 2.36. The molecule has 1 unspecified atom stereocenters. The van der Waals surface area contributed by atoms with E-state index >= 15 is 0 Å². The molecule has 3 rings (SSSR count). The predicted octanol–water partition coefficient (Wildman–Crippen LogP) is 0.248. The van der Waals surface area contributed by atoms with Crippen molar-refractivity contribution < 1.29 is 9.72 Å². The topological polar surface area (TPSA) is 84.5 Å². The van der Waals surface area contributed by atoms with Gasteiger partial charge < -0.3 is 4.90 Å². The third kappa shape index (κ3) is 2.05. The van der Waals surface area contributed by atoms with Crippen LogP contribution in [0.3, 0.4) is 0 Å². The van der Waals surface area contributed by atoms with Crippen LogP contribution in [0.25, 0.3) is 0 Å². The first kappa shape index (κ1) is 13.0. The molecule has 1 aromatic heterocycles. The van der Waals surface area contributed by atoms with Crippen LogP contribution in [0.5, 0.6) is 0 Å². The molecule has 3 heterocycles. The maximum atomic E-state index is 12.5. The van der Waals surface area contributed by atoms with E-state index in [1.165, 1.54) is 11.1 Å². The van der Waals surface area contributed by atoms with Gasteiger partial charge in [-0.1, -0.05) is 0 Å². The molecule has 0 bridgehead atoms. The molecule has 8 nitrogen and oxygen atoms in total. The summed E-state index contributed by atoms with van der Waals surface area (Å²) in [5, 5.41) is 14.8. The second kappa shape index (κ2) is 4.86. The summed E-state index contributed by atoms with van der Waals surface area (Å²) in [7, 11) is 1.56. The minimum Gasteiger partial charge on any atom is -0.334 e. The number of rotatable bonds is 2. The summed E-state index contributed by atoms with van der Waals surface area (Å²) < 4.78 is 1.29. The number of nitrogens with zero attached hydrogens (tertiary/aromatic N) is 5. The number of piperazine rings is 1. The fraction of sp³-hybridized carbons (Fsp3) is 0.667. The molecule has 2 saturated heterocycles. The molecule has 108 valence electrons. The average molecular weight is 279 g/mol. The van der Waals surface area contributed by atoms with Gasteiger partial charge in [0.25, 0.3) is 5.91 Å². The Kier molecular flexibility index (Phi) is 3.17. The number of aromatic nitrogens is 2. The normalized spacial score (nSPS) is 22.9. The van der Waals surface area contributed by atoms with Gasteiger partial charge in [-0.3, -0.25) is 24.5 Å². The van der Waals surface area contributed by atoms with Gasteiger partial charge in [-0.25, -0.2) is 0 Å². The van der Waals surface area contributed by atoms with Gasteiger partial charge in [-0.2, -0.15) is 5.10 Å². The van der Waals surface area contributed by atoms with Crippen LogP contribution in [0.2, 0.25) is 0 Å². The smallest absolute Gasteiger partial charge is 0.320 e. The number of aryl methyl sites for hydroxylation is 1. The van der Waals surface area contributed by atoms with Gasteiger partial charge in [0, 0.05) is 32.7 Å². The summed E-state index contributed by atoms with van der Waals surface area (Å²) in [6.07, 6.45) is 3.40. The molecule has 2 aliphatic rings. The van der Waals surface area contributed by atoms with E-state index in [0.717, 1.165) is 25.7 Å². The Bertz CT molecular complexity index is 555. The summed E-state index contributed by atoms with van der Waals surface area (Å²) in [5.41, 5.74) is -0.146. The second-order valence-electron chi connectivity index (χ2n) is 5.34. The highest BCUT2D eigenvalue weighted by atomic mass is 16.6. The van der Waals surface area contributed by atoms with E-state index in [-0.39, 0.29) is 17.3 Å². The number of hydrogen-bond donors (Lipinski definition) is 0. The molecule has 0 aliphatic carbocycles. The van der Waals surface area contributed by atoms with Crippen molar-refractivity contribution in [3.8, 4) is 0 Å². The number of hydrogen-bond acceptors (Lipinski definition) is 5. The van der Waals surface area contributed by atoms with Crippen LogP contribution >= 0.6 is 0 Å². The standard InChI is InChI=1S/C12H17N5O3/c1-14-11(10(7-13-14)17(19)20)12(18)16-6-5-15-4-2-3-9(15)8-16/h7,9H,2-6,8H2,1H3. The van der Waals surface area contributed by atoms with Gasteiger partial charge in [0.15, 0.2) is 0 Å². The number of carbonyl (C=O) groups excluding carboxylic acids is 1. The summed E-state index contributed by atoms with van der Waals surface area (Å²) in [4.78, 5) is 27.1. The Hall–Kier alpha value is -1.96. The predicted molar refractivity (Wildman–Crippen MR) is 70.4 cm³/mol. The quantitative estimate of drug-likeness (QED) is 0.572. The van der Waals surface area contributed by atoms with Crippen molar-refractivity contribution in [2.45, 2.75) is 18.9 Å². The minimum atomic E-state index is -0.550. The zero-order valence-electron chi connectivity index (χ0n) is 11.4. The number of amides is 1. The Morgan fingerprint density at radius 1 is 1.45 bits per heavy atom. The maximum Gasteiger partial charge on any atom is 0.320 e. The molecule has 0 saturated carbocycles. The summed E-state index contributed by atoms with van der Waals surface area (Å²) in [6, 6.07) is 0.403. The molecule has 1 atom stereocenters. The lowest BCUT2D eigenvalue weighted by molar-refractivity contribution is -0.385. The van der Waals surface area contributed by atoms with Crippen molar-refractivity contribution >= 4 is 11.6 Å². The molecule has 1 aromatic rings. The number of fused-ring (bicyclic) bond motifs is 1. The van der Waals surface area contributed by atoms with E-state index in [1.807, 2.05) is 0 Å². The molecule has 0 aromatic carbocycles. The third-order valence-electron chi connectivity index (χ3n) is 4.19. The molecule has 1 amide bonds. The van der Waals surface area contributed by atoms with E-state index in [4.69, 9.17) is 0 Å². The Balaban J connectivity index is 1.82. The first-order chi connectivity index (χ1) is 9.58. The van der Waals surface area contributed by atoms with Crippen molar-refractivity contribution in [3.63, 3.8) is 0 Å². The molecule has 2 fully saturated rings. The van der Waals surface area contributed by atoms with Gasteiger partial charge in [0.1, 0.15) is 6.20 Å². The van der Waals surface area contributed by atoms with Crippen LogP contribution < -0.4 is 0 Å². The molecule has 20 heavy (non-hydrogen) atoms. The number of carbonyl (C=O) groups is 1. The van der Waals surface area contributed by atoms with Crippen molar-refractivity contribution in [1.82, 2.24) is 19.6 Å². The van der Waals surface area contributed by atoms with E-state index in [2.05, 4.69) is 10.00 Å². The van der Waals surface area contributed by atoms with Crippen LogP contribution in [0.4, 0.5) is 5.69 Å². The molecular formula is C12H17N5O3. The Morgan fingerprint density at radius 2 is 2.25 bits per heavy atom. The molecule has 0 N–H and O–H groups in total. The van der Waals surface area contributed by atoms with Gasteiger partial charge in [0.05, 0.1) is 4.92 Å². The summed E-state index contributed by atoms with van der Waals surface area (Å²) in [5.74, 6) is -0.289. The van der Waals surface area contributed by atoms with Crippen LogP contribution in [0.15, 0.2) is 6.20 Å². The van der Waals surface area contributed by atoms with Crippen molar-refractivity contribution in [2.75, 3.05) is 26.2 Å². The zero-order valence-corrected chi connectivity index (χ0v) is 11.4. The van der Waals surface area contributed by atoms with E-state index < -0.39 is 4.92 Å². The summed E-state index contributed by atoms with van der Waals surface area (Å²) >= 11 is 0.